The minimum absolute atomic E-state index is 0.0291. The zero-order valence-electron chi connectivity index (χ0n) is 10.7. The Morgan fingerprint density at radius 1 is 1.50 bits per heavy atom. The van der Waals surface area contributed by atoms with Gasteiger partial charge in [-0.3, -0.25) is 10.4 Å². The van der Waals surface area contributed by atoms with E-state index >= 15 is 0 Å². The van der Waals surface area contributed by atoms with Crippen molar-refractivity contribution >= 4 is 11.5 Å². The molecule has 0 atom stereocenters. The summed E-state index contributed by atoms with van der Waals surface area (Å²) in [6.07, 6.45) is 5.64. The quantitative estimate of drug-likeness (QED) is 0.550. The van der Waals surface area contributed by atoms with E-state index in [4.69, 9.17) is 11.1 Å². The Labute approximate surface area is 107 Å². The van der Waals surface area contributed by atoms with E-state index in [2.05, 4.69) is 4.98 Å². The molecule has 1 fully saturated rings. The Hall–Kier alpha value is -1.62. The van der Waals surface area contributed by atoms with Crippen LogP contribution in [0, 0.1) is 5.41 Å². The number of rotatable bonds is 4. The first kappa shape index (κ1) is 12.8. The summed E-state index contributed by atoms with van der Waals surface area (Å²) in [4.78, 5) is 6.13. The van der Waals surface area contributed by atoms with Crippen LogP contribution >= 0.6 is 0 Å². The fourth-order valence-corrected chi connectivity index (χ4v) is 2.50. The topological polar surface area (TPSA) is 86.2 Å². The smallest absolute Gasteiger partial charge is 0.141 e. The number of aliphatic hydroxyl groups is 1. The molecule has 1 aromatic rings. The number of nitrogens with two attached hydrogens (primary N) is 1. The average molecular weight is 248 g/mol. The predicted octanol–water partition coefficient (Wildman–Crippen LogP) is 1.11. The summed E-state index contributed by atoms with van der Waals surface area (Å²) < 4.78 is 0. The molecule has 0 bridgehead atoms. The second kappa shape index (κ2) is 4.94. The molecule has 1 aromatic heterocycles. The molecule has 4 N–H and O–H groups in total. The van der Waals surface area contributed by atoms with Crippen molar-refractivity contribution in [2.45, 2.75) is 31.3 Å². The molecular weight excluding hydrogens is 228 g/mol. The molecule has 0 amide bonds. The van der Waals surface area contributed by atoms with Crippen molar-refractivity contribution in [1.82, 2.24) is 4.98 Å². The predicted molar refractivity (Wildman–Crippen MR) is 71.9 cm³/mol. The average Bonchev–Trinajstić information content (AvgIpc) is 2.76. The van der Waals surface area contributed by atoms with Gasteiger partial charge in [0.1, 0.15) is 11.5 Å². The summed E-state index contributed by atoms with van der Waals surface area (Å²) in [7, 11) is 1.95. The van der Waals surface area contributed by atoms with Crippen molar-refractivity contribution in [1.29, 1.82) is 5.41 Å². The zero-order chi connectivity index (χ0) is 13.2. The SMILES string of the molecule is CN(CC1(O)CCCC1)c1ccc(C(=N)N)nc1. The largest absolute Gasteiger partial charge is 0.388 e. The summed E-state index contributed by atoms with van der Waals surface area (Å²) in [5.41, 5.74) is 6.21. The van der Waals surface area contributed by atoms with Crippen LogP contribution in [-0.4, -0.2) is 35.1 Å². The van der Waals surface area contributed by atoms with Crippen LogP contribution in [0.4, 0.5) is 5.69 Å². The van der Waals surface area contributed by atoms with Gasteiger partial charge in [-0.2, -0.15) is 0 Å². The molecule has 0 saturated heterocycles. The van der Waals surface area contributed by atoms with E-state index in [0.29, 0.717) is 12.2 Å². The van der Waals surface area contributed by atoms with Crippen LogP contribution in [0.5, 0.6) is 0 Å². The standard InChI is InChI=1S/C13H20N4O/c1-17(9-13(18)6-2-3-7-13)10-4-5-11(12(14)15)16-8-10/h4-5,8,18H,2-3,6-7,9H2,1H3,(H3,14,15). The first-order chi connectivity index (χ1) is 8.50. The molecule has 5 nitrogen and oxygen atoms in total. The highest BCUT2D eigenvalue weighted by Crippen LogP contribution is 2.30. The number of pyridine rings is 1. The van der Waals surface area contributed by atoms with E-state index in [1.165, 1.54) is 0 Å². The molecule has 0 spiro atoms. The van der Waals surface area contributed by atoms with Crippen molar-refractivity contribution in [3.05, 3.63) is 24.0 Å². The molecule has 5 heteroatoms. The minimum atomic E-state index is -0.562. The van der Waals surface area contributed by atoms with Crippen LogP contribution in [0.15, 0.2) is 18.3 Å². The summed E-state index contributed by atoms with van der Waals surface area (Å²) in [5.74, 6) is -0.0291. The van der Waals surface area contributed by atoms with Gasteiger partial charge in [-0.1, -0.05) is 12.8 Å². The van der Waals surface area contributed by atoms with Crippen molar-refractivity contribution in [3.63, 3.8) is 0 Å². The monoisotopic (exact) mass is 248 g/mol. The molecule has 18 heavy (non-hydrogen) atoms. The maximum Gasteiger partial charge on any atom is 0.141 e. The third kappa shape index (κ3) is 2.79. The highest BCUT2D eigenvalue weighted by Gasteiger charge is 2.32. The van der Waals surface area contributed by atoms with E-state index in [0.717, 1.165) is 31.4 Å². The highest BCUT2D eigenvalue weighted by molar-refractivity contribution is 5.93. The number of hydrogen-bond donors (Lipinski definition) is 3. The Bertz CT molecular complexity index is 423. The van der Waals surface area contributed by atoms with Gasteiger partial charge in [0.15, 0.2) is 0 Å². The van der Waals surface area contributed by atoms with Crippen molar-refractivity contribution < 1.29 is 5.11 Å². The first-order valence-corrected chi connectivity index (χ1v) is 6.24. The van der Waals surface area contributed by atoms with Crippen LogP contribution in [0.3, 0.4) is 0 Å². The van der Waals surface area contributed by atoms with Gasteiger partial charge in [-0.15, -0.1) is 0 Å². The summed E-state index contributed by atoms with van der Waals surface area (Å²) in [5, 5.41) is 17.6. The van der Waals surface area contributed by atoms with Gasteiger partial charge >= 0.3 is 0 Å². The molecule has 2 rings (SSSR count). The Balaban J connectivity index is 2.04. The Morgan fingerprint density at radius 3 is 2.67 bits per heavy atom. The maximum absolute atomic E-state index is 10.3. The van der Waals surface area contributed by atoms with Crippen LogP contribution in [0.1, 0.15) is 31.4 Å². The van der Waals surface area contributed by atoms with E-state index in [1.807, 2.05) is 18.0 Å². The maximum atomic E-state index is 10.3. The Morgan fingerprint density at radius 2 is 2.17 bits per heavy atom. The van der Waals surface area contributed by atoms with Gasteiger partial charge in [0.2, 0.25) is 0 Å². The van der Waals surface area contributed by atoms with Gasteiger partial charge in [0.25, 0.3) is 0 Å². The molecule has 1 heterocycles. The number of anilines is 1. The van der Waals surface area contributed by atoms with E-state index in [-0.39, 0.29) is 5.84 Å². The van der Waals surface area contributed by atoms with Crippen LogP contribution < -0.4 is 10.6 Å². The van der Waals surface area contributed by atoms with Gasteiger partial charge in [0, 0.05) is 13.6 Å². The van der Waals surface area contributed by atoms with Gasteiger partial charge in [0.05, 0.1) is 17.5 Å². The van der Waals surface area contributed by atoms with Crippen molar-refractivity contribution in [2.24, 2.45) is 5.73 Å². The number of likely N-dealkylation sites (N-methyl/N-ethyl adjacent to an activating group) is 1. The molecule has 98 valence electrons. The molecule has 0 unspecified atom stereocenters. The second-order valence-corrected chi connectivity index (χ2v) is 5.10. The zero-order valence-corrected chi connectivity index (χ0v) is 10.7. The highest BCUT2D eigenvalue weighted by atomic mass is 16.3. The number of hydrogen-bond acceptors (Lipinski definition) is 4. The number of nitrogens with zero attached hydrogens (tertiary/aromatic N) is 2. The summed E-state index contributed by atoms with van der Waals surface area (Å²) >= 11 is 0. The molecule has 1 saturated carbocycles. The van der Waals surface area contributed by atoms with E-state index < -0.39 is 5.60 Å². The van der Waals surface area contributed by atoms with Crippen LogP contribution in [0.2, 0.25) is 0 Å². The fraction of sp³-hybridized carbons (Fsp3) is 0.538. The summed E-state index contributed by atoms with van der Waals surface area (Å²) in [6, 6.07) is 3.61. The Kier molecular flexibility index (Phi) is 3.52. The number of nitrogen functional groups attached to an aromatic ring is 1. The van der Waals surface area contributed by atoms with Gasteiger partial charge < -0.3 is 15.7 Å². The van der Waals surface area contributed by atoms with Crippen molar-refractivity contribution in [3.8, 4) is 0 Å². The second-order valence-electron chi connectivity index (χ2n) is 5.10. The lowest BCUT2D eigenvalue weighted by Gasteiger charge is -2.29. The molecule has 0 radical (unpaired) electrons. The lowest BCUT2D eigenvalue weighted by Crippen LogP contribution is -2.39. The normalized spacial score (nSPS) is 17.7. The van der Waals surface area contributed by atoms with Crippen LogP contribution in [-0.2, 0) is 0 Å². The number of amidine groups is 1. The molecule has 0 aromatic carbocycles. The third-order valence-electron chi connectivity index (χ3n) is 3.53. The number of aromatic nitrogens is 1. The molecular formula is C13H20N4O. The van der Waals surface area contributed by atoms with E-state index in [9.17, 15) is 5.11 Å². The van der Waals surface area contributed by atoms with Gasteiger partial charge in [-0.25, -0.2) is 0 Å². The third-order valence-corrected chi connectivity index (χ3v) is 3.53. The van der Waals surface area contributed by atoms with E-state index in [1.54, 1.807) is 12.3 Å². The lowest BCUT2D eigenvalue weighted by atomic mass is 10.0. The lowest BCUT2D eigenvalue weighted by molar-refractivity contribution is 0.0559. The molecule has 1 aliphatic carbocycles. The minimum Gasteiger partial charge on any atom is -0.388 e. The molecule has 0 aliphatic heterocycles. The number of nitrogens with one attached hydrogen (secondary N) is 1. The molecule has 1 aliphatic rings. The first-order valence-electron chi connectivity index (χ1n) is 6.24. The van der Waals surface area contributed by atoms with Crippen LogP contribution in [0.25, 0.3) is 0 Å². The summed E-state index contributed by atoms with van der Waals surface area (Å²) in [6.45, 7) is 0.619. The fourth-order valence-electron chi connectivity index (χ4n) is 2.50. The van der Waals surface area contributed by atoms with Crippen molar-refractivity contribution in [2.75, 3.05) is 18.5 Å². The van der Waals surface area contributed by atoms with Gasteiger partial charge in [-0.05, 0) is 25.0 Å².